The first-order valence-electron chi connectivity index (χ1n) is 6.12. The molecule has 5 nitrogen and oxygen atoms in total. The van der Waals surface area contributed by atoms with E-state index in [9.17, 15) is 9.59 Å². The van der Waals surface area contributed by atoms with E-state index in [1.54, 1.807) is 18.2 Å². The lowest BCUT2D eigenvalue weighted by Crippen LogP contribution is -2.24. The van der Waals surface area contributed by atoms with E-state index in [2.05, 4.69) is 5.32 Å². The smallest absolute Gasteiger partial charge is 0.248 e. The fourth-order valence-electron chi connectivity index (χ4n) is 2.10. The van der Waals surface area contributed by atoms with E-state index >= 15 is 0 Å². The lowest BCUT2D eigenvalue weighted by atomic mass is 10.1. The molecule has 2 amide bonds. The Kier molecular flexibility index (Phi) is 3.66. The van der Waals surface area contributed by atoms with Crippen molar-refractivity contribution in [3.8, 4) is 0 Å². The van der Waals surface area contributed by atoms with Crippen LogP contribution in [-0.4, -0.2) is 17.9 Å². The van der Waals surface area contributed by atoms with Crippen molar-refractivity contribution < 1.29 is 9.59 Å². The molecule has 2 unspecified atom stereocenters. The summed E-state index contributed by atoms with van der Waals surface area (Å²) in [6.07, 6.45) is 4.30. The van der Waals surface area contributed by atoms with Crippen LogP contribution in [0.1, 0.15) is 22.3 Å². The van der Waals surface area contributed by atoms with Crippen LogP contribution in [0.25, 0.3) is 0 Å². The highest BCUT2D eigenvalue weighted by molar-refractivity contribution is 5.97. The number of rotatable bonds is 3. The zero-order chi connectivity index (χ0) is 14.0. The molecule has 0 aliphatic heterocycles. The second-order valence-corrected chi connectivity index (χ2v) is 4.77. The Balaban J connectivity index is 2.09. The summed E-state index contributed by atoms with van der Waals surface area (Å²) in [5, 5.41) is 2.84. The number of amides is 2. The van der Waals surface area contributed by atoms with E-state index in [0.717, 1.165) is 5.56 Å². The molecule has 0 saturated carbocycles. The predicted molar refractivity (Wildman–Crippen MR) is 73.5 cm³/mol. The standard InChI is InChI=1S/C14H17N3O2/c1-8-6-9(13(16)18)3-5-12(8)17-14(19)10-2-4-11(15)7-10/h2-6,10-11H,7,15H2,1H3,(H2,16,18)(H,17,19). The number of benzene rings is 1. The molecular weight excluding hydrogens is 242 g/mol. The molecule has 2 atom stereocenters. The van der Waals surface area contributed by atoms with Gasteiger partial charge in [-0.1, -0.05) is 12.2 Å². The average Bonchev–Trinajstić information content (AvgIpc) is 2.78. The summed E-state index contributed by atoms with van der Waals surface area (Å²) in [5.74, 6) is -0.755. The zero-order valence-corrected chi connectivity index (χ0v) is 10.7. The van der Waals surface area contributed by atoms with Gasteiger partial charge in [-0.2, -0.15) is 0 Å². The van der Waals surface area contributed by atoms with Gasteiger partial charge in [-0.15, -0.1) is 0 Å². The van der Waals surface area contributed by atoms with Crippen LogP contribution in [0.2, 0.25) is 0 Å². The van der Waals surface area contributed by atoms with Gasteiger partial charge in [-0.05, 0) is 37.1 Å². The normalized spacial score (nSPS) is 21.4. The minimum Gasteiger partial charge on any atom is -0.366 e. The summed E-state index contributed by atoms with van der Waals surface area (Å²) in [7, 11) is 0. The quantitative estimate of drug-likeness (QED) is 0.704. The number of aryl methyl sites for hydroxylation is 1. The van der Waals surface area contributed by atoms with Gasteiger partial charge in [0.25, 0.3) is 0 Å². The van der Waals surface area contributed by atoms with Crippen molar-refractivity contribution in [3.63, 3.8) is 0 Å². The largest absolute Gasteiger partial charge is 0.366 e. The number of carbonyl (C=O) groups is 2. The third-order valence-corrected chi connectivity index (χ3v) is 3.22. The lowest BCUT2D eigenvalue weighted by Gasteiger charge is -2.13. The van der Waals surface area contributed by atoms with Crippen LogP contribution in [0.15, 0.2) is 30.4 Å². The van der Waals surface area contributed by atoms with E-state index < -0.39 is 5.91 Å². The molecule has 0 aromatic heterocycles. The van der Waals surface area contributed by atoms with Crippen molar-refractivity contribution in [3.05, 3.63) is 41.5 Å². The first kappa shape index (κ1) is 13.3. The van der Waals surface area contributed by atoms with Crippen LogP contribution in [0, 0.1) is 12.8 Å². The Bertz CT molecular complexity index is 552. The molecule has 1 aliphatic rings. The second-order valence-electron chi connectivity index (χ2n) is 4.77. The third kappa shape index (κ3) is 3.00. The van der Waals surface area contributed by atoms with Gasteiger partial charge in [-0.25, -0.2) is 0 Å². The molecule has 1 aliphatic carbocycles. The first-order valence-corrected chi connectivity index (χ1v) is 6.12. The van der Waals surface area contributed by atoms with Gasteiger partial charge in [-0.3, -0.25) is 9.59 Å². The van der Waals surface area contributed by atoms with Gasteiger partial charge >= 0.3 is 0 Å². The van der Waals surface area contributed by atoms with Crippen molar-refractivity contribution in [2.45, 2.75) is 19.4 Å². The highest BCUT2D eigenvalue weighted by Crippen LogP contribution is 2.21. The highest BCUT2D eigenvalue weighted by atomic mass is 16.2. The number of hydrogen-bond acceptors (Lipinski definition) is 3. The van der Waals surface area contributed by atoms with Crippen LogP contribution >= 0.6 is 0 Å². The van der Waals surface area contributed by atoms with Crippen LogP contribution in [0.4, 0.5) is 5.69 Å². The SMILES string of the molecule is Cc1cc(C(N)=O)ccc1NC(=O)C1C=CC(N)C1. The number of carbonyl (C=O) groups excluding carboxylic acids is 2. The summed E-state index contributed by atoms with van der Waals surface area (Å²) < 4.78 is 0. The molecule has 0 radical (unpaired) electrons. The predicted octanol–water partition coefficient (Wildman–Crippen LogP) is 0.936. The Morgan fingerprint density at radius 3 is 2.58 bits per heavy atom. The van der Waals surface area contributed by atoms with Crippen LogP contribution in [0.5, 0.6) is 0 Å². The van der Waals surface area contributed by atoms with Crippen molar-refractivity contribution in [1.82, 2.24) is 0 Å². The Morgan fingerprint density at radius 1 is 1.32 bits per heavy atom. The van der Waals surface area contributed by atoms with Crippen molar-refractivity contribution in [2.24, 2.45) is 17.4 Å². The van der Waals surface area contributed by atoms with E-state index in [1.807, 2.05) is 19.1 Å². The van der Waals surface area contributed by atoms with E-state index in [1.165, 1.54) is 0 Å². The van der Waals surface area contributed by atoms with Gasteiger partial charge in [0.2, 0.25) is 11.8 Å². The molecule has 5 N–H and O–H groups in total. The summed E-state index contributed by atoms with van der Waals surface area (Å²) in [6, 6.07) is 4.90. The zero-order valence-electron chi connectivity index (χ0n) is 10.7. The maximum atomic E-state index is 12.0. The molecule has 100 valence electrons. The highest BCUT2D eigenvalue weighted by Gasteiger charge is 2.23. The van der Waals surface area contributed by atoms with E-state index in [0.29, 0.717) is 17.7 Å². The molecule has 2 rings (SSSR count). The van der Waals surface area contributed by atoms with Gasteiger partial charge < -0.3 is 16.8 Å². The van der Waals surface area contributed by atoms with Crippen LogP contribution in [-0.2, 0) is 4.79 Å². The monoisotopic (exact) mass is 259 g/mol. The van der Waals surface area contributed by atoms with Crippen molar-refractivity contribution in [1.29, 1.82) is 0 Å². The number of nitrogens with two attached hydrogens (primary N) is 2. The minimum absolute atomic E-state index is 0.0471. The molecule has 1 aromatic rings. The number of hydrogen-bond donors (Lipinski definition) is 3. The molecule has 1 aromatic carbocycles. The molecule has 0 heterocycles. The third-order valence-electron chi connectivity index (χ3n) is 3.22. The van der Waals surface area contributed by atoms with E-state index in [-0.39, 0.29) is 17.9 Å². The maximum absolute atomic E-state index is 12.0. The molecule has 19 heavy (non-hydrogen) atoms. The summed E-state index contributed by atoms with van der Waals surface area (Å²) >= 11 is 0. The number of nitrogens with one attached hydrogen (secondary N) is 1. The first-order chi connectivity index (χ1) is 8.97. The fourth-order valence-corrected chi connectivity index (χ4v) is 2.10. The summed E-state index contributed by atoms with van der Waals surface area (Å²) in [4.78, 5) is 23.1. The molecule has 0 saturated heterocycles. The molecular formula is C14H17N3O2. The fraction of sp³-hybridized carbons (Fsp3) is 0.286. The Hall–Kier alpha value is -2.14. The van der Waals surface area contributed by atoms with Crippen LogP contribution in [0.3, 0.4) is 0 Å². The van der Waals surface area contributed by atoms with Crippen molar-refractivity contribution in [2.75, 3.05) is 5.32 Å². The van der Waals surface area contributed by atoms with Gasteiger partial charge in [0.1, 0.15) is 0 Å². The molecule has 0 bridgehead atoms. The number of anilines is 1. The van der Waals surface area contributed by atoms with Crippen LogP contribution < -0.4 is 16.8 Å². The Labute approximate surface area is 111 Å². The average molecular weight is 259 g/mol. The van der Waals surface area contributed by atoms with Crippen molar-refractivity contribution >= 4 is 17.5 Å². The summed E-state index contributed by atoms with van der Waals surface area (Å²) in [5.41, 5.74) is 12.8. The molecule has 0 fully saturated rings. The molecule has 0 spiro atoms. The number of primary amides is 1. The topological polar surface area (TPSA) is 98.2 Å². The lowest BCUT2D eigenvalue weighted by molar-refractivity contribution is -0.118. The maximum Gasteiger partial charge on any atom is 0.248 e. The molecule has 5 heteroatoms. The van der Waals surface area contributed by atoms with Gasteiger partial charge in [0.05, 0.1) is 5.92 Å². The second kappa shape index (κ2) is 5.24. The van der Waals surface area contributed by atoms with Gasteiger partial charge in [0, 0.05) is 17.3 Å². The summed E-state index contributed by atoms with van der Waals surface area (Å²) in [6.45, 7) is 1.82. The Morgan fingerprint density at radius 2 is 2.05 bits per heavy atom. The minimum atomic E-state index is -0.481. The van der Waals surface area contributed by atoms with Gasteiger partial charge in [0.15, 0.2) is 0 Å². The van der Waals surface area contributed by atoms with E-state index in [4.69, 9.17) is 11.5 Å².